The minimum Gasteiger partial charge on any atom is -0.478 e. The number of piperidine rings is 1. The van der Waals surface area contributed by atoms with Gasteiger partial charge < -0.3 is 5.11 Å². The summed E-state index contributed by atoms with van der Waals surface area (Å²) in [5.74, 6) is -1.35. The van der Waals surface area contributed by atoms with Crippen molar-refractivity contribution in [3.63, 3.8) is 0 Å². The Morgan fingerprint density at radius 1 is 1.33 bits per heavy atom. The number of hydrogen-bond acceptors (Lipinski definition) is 2. The Hall–Kier alpha value is -1.68. The number of carboxylic acid groups (broad SMARTS) is 1. The first-order chi connectivity index (χ1) is 9.95. The van der Waals surface area contributed by atoms with Crippen molar-refractivity contribution in [2.75, 3.05) is 0 Å². The van der Waals surface area contributed by atoms with Crippen molar-refractivity contribution in [3.8, 4) is 0 Å². The molecule has 0 radical (unpaired) electrons. The summed E-state index contributed by atoms with van der Waals surface area (Å²) in [6, 6.07) is 5.74. The molecule has 21 heavy (non-hydrogen) atoms. The molecule has 0 saturated carbocycles. The molecule has 1 fully saturated rings. The second kappa shape index (κ2) is 6.85. The highest BCUT2D eigenvalue weighted by Crippen LogP contribution is 2.25. The van der Waals surface area contributed by atoms with E-state index >= 15 is 0 Å². The number of benzene rings is 1. The fourth-order valence-corrected chi connectivity index (χ4v) is 3.03. The molecule has 1 heterocycles. The smallest absolute Gasteiger partial charge is 0.328 e. The fraction of sp³-hybridized carbons (Fsp3) is 0.471. The summed E-state index contributed by atoms with van der Waals surface area (Å²) in [5, 5.41) is 8.66. The number of hydrogen-bond donors (Lipinski definition) is 1. The normalized spacial score (nSPS) is 23.6. The van der Waals surface area contributed by atoms with Crippen LogP contribution in [0.4, 0.5) is 4.39 Å². The van der Waals surface area contributed by atoms with Crippen molar-refractivity contribution in [2.24, 2.45) is 0 Å². The predicted octanol–water partition coefficient (Wildman–Crippen LogP) is 3.69. The maximum absolute atomic E-state index is 13.7. The molecule has 3 nitrogen and oxygen atoms in total. The first kappa shape index (κ1) is 15.7. The number of carboxylic acids is 1. The van der Waals surface area contributed by atoms with Gasteiger partial charge in [0.05, 0.1) is 0 Å². The van der Waals surface area contributed by atoms with Gasteiger partial charge in [-0.1, -0.05) is 12.5 Å². The summed E-state index contributed by atoms with van der Waals surface area (Å²) in [6.45, 7) is 5.12. The highest BCUT2D eigenvalue weighted by molar-refractivity contribution is 5.85. The maximum Gasteiger partial charge on any atom is 0.328 e. The first-order valence-corrected chi connectivity index (χ1v) is 7.42. The highest BCUT2D eigenvalue weighted by Gasteiger charge is 2.24. The third-order valence-corrected chi connectivity index (χ3v) is 4.14. The number of aliphatic carboxylic acids is 1. The molecule has 1 aromatic carbocycles. The third-order valence-electron chi connectivity index (χ3n) is 4.14. The Morgan fingerprint density at radius 3 is 2.62 bits per heavy atom. The second-order valence-electron chi connectivity index (χ2n) is 5.87. The van der Waals surface area contributed by atoms with Crippen molar-refractivity contribution in [1.29, 1.82) is 0 Å². The van der Waals surface area contributed by atoms with E-state index in [9.17, 15) is 9.18 Å². The van der Waals surface area contributed by atoms with E-state index in [1.807, 2.05) is 6.07 Å². The van der Waals surface area contributed by atoms with Crippen LogP contribution in [0.15, 0.2) is 24.3 Å². The number of carbonyl (C=O) groups is 1. The van der Waals surface area contributed by atoms with Gasteiger partial charge in [0.2, 0.25) is 0 Å². The van der Waals surface area contributed by atoms with Crippen LogP contribution in [0, 0.1) is 5.82 Å². The molecular formula is C17H22FNO2. The average molecular weight is 291 g/mol. The highest BCUT2D eigenvalue weighted by atomic mass is 19.1. The molecule has 1 N–H and O–H groups in total. The van der Waals surface area contributed by atoms with Crippen LogP contribution in [0.1, 0.15) is 44.2 Å². The molecule has 2 unspecified atom stereocenters. The SMILES string of the molecule is CC1CCCC(C)N1Cc1cc(F)cc(C=CC(=O)O)c1. The van der Waals surface area contributed by atoms with Crippen LogP contribution in [0.3, 0.4) is 0 Å². The summed E-state index contributed by atoms with van der Waals surface area (Å²) in [6.07, 6.45) is 6.05. The zero-order chi connectivity index (χ0) is 15.4. The monoisotopic (exact) mass is 291 g/mol. The second-order valence-corrected chi connectivity index (χ2v) is 5.87. The van der Waals surface area contributed by atoms with Gasteiger partial charge in [0.25, 0.3) is 0 Å². The lowest BCUT2D eigenvalue weighted by molar-refractivity contribution is -0.131. The van der Waals surface area contributed by atoms with E-state index < -0.39 is 5.97 Å². The topological polar surface area (TPSA) is 40.5 Å². The van der Waals surface area contributed by atoms with Gasteiger partial charge in [-0.2, -0.15) is 0 Å². The van der Waals surface area contributed by atoms with Gasteiger partial charge in [-0.05, 0) is 56.0 Å². The van der Waals surface area contributed by atoms with Gasteiger partial charge in [0.1, 0.15) is 5.82 Å². The molecule has 2 atom stereocenters. The molecule has 0 bridgehead atoms. The molecule has 0 aliphatic carbocycles. The van der Waals surface area contributed by atoms with Crippen LogP contribution < -0.4 is 0 Å². The lowest BCUT2D eigenvalue weighted by atomic mass is 9.96. The molecule has 1 aromatic rings. The van der Waals surface area contributed by atoms with E-state index in [4.69, 9.17) is 5.11 Å². The zero-order valence-electron chi connectivity index (χ0n) is 12.6. The van der Waals surface area contributed by atoms with E-state index in [0.717, 1.165) is 11.6 Å². The molecule has 1 aliphatic rings. The summed E-state index contributed by atoms with van der Waals surface area (Å²) < 4.78 is 13.7. The summed E-state index contributed by atoms with van der Waals surface area (Å²) in [5.41, 5.74) is 1.48. The van der Waals surface area contributed by atoms with Gasteiger partial charge >= 0.3 is 5.97 Å². The molecule has 0 aromatic heterocycles. The molecule has 1 aliphatic heterocycles. The predicted molar refractivity (Wildman–Crippen MR) is 81.4 cm³/mol. The quantitative estimate of drug-likeness (QED) is 0.860. The third kappa shape index (κ3) is 4.39. The van der Waals surface area contributed by atoms with Gasteiger partial charge in [0, 0.05) is 24.7 Å². The molecule has 114 valence electrons. The van der Waals surface area contributed by atoms with Gasteiger partial charge in [-0.25, -0.2) is 9.18 Å². The van der Waals surface area contributed by atoms with Crippen molar-refractivity contribution in [3.05, 3.63) is 41.2 Å². The van der Waals surface area contributed by atoms with Crippen LogP contribution in [-0.2, 0) is 11.3 Å². The maximum atomic E-state index is 13.7. The minimum absolute atomic E-state index is 0.324. The standard InChI is InChI=1S/C17H22FNO2/c1-12-4-3-5-13(2)19(12)11-15-8-14(6-7-17(20)21)9-16(18)10-15/h6-10,12-13H,3-5,11H2,1-2H3,(H,20,21). The van der Waals surface area contributed by atoms with E-state index in [2.05, 4.69) is 18.7 Å². The fourth-order valence-electron chi connectivity index (χ4n) is 3.03. The van der Waals surface area contributed by atoms with Crippen molar-refractivity contribution < 1.29 is 14.3 Å². The van der Waals surface area contributed by atoms with Crippen molar-refractivity contribution in [1.82, 2.24) is 4.90 Å². The van der Waals surface area contributed by atoms with E-state index in [1.54, 1.807) is 0 Å². The molecule has 0 amide bonds. The molecule has 2 rings (SSSR count). The Bertz CT molecular complexity index is 532. The Morgan fingerprint density at radius 2 is 2.00 bits per heavy atom. The lowest BCUT2D eigenvalue weighted by Crippen LogP contribution is -2.42. The van der Waals surface area contributed by atoms with Crippen molar-refractivity contribution in [2.45, 2.75) is 51.7 Å². The summed E-state index contributed by atoms with van der Waals surface area (Å²) in [4.78, 5) is 12.9. The molecular weight excluding hydrogens is 269 g/mol. The van der Waals surface area contributed by atoms with Crippen LogP contribution in [-0.4, -0.2) is 28.1 Å². The van der Waals surface area contributed by atoms with Crippen molar-refractivity contribution >= 4 is 12.0 Å². The van der Waals surface area contributed by atoms with E-state index in [0.29, 0.717) is 24.2 Å². The van der Waals surface area contributed by atoms with Gasteiger partial charge in [0.15, 0.2) is 0 Å². The largest absolute Gasteiger partial charge is 0.478 e. The molecule has 0 spiro atoms. The minimum atomic E-state index is -1.03. The Labute approximate surface area is 125 Å². The molecule has 4 heteroatoms. The first-order valence-electron chi connectivity index (χ1n) is 7.42. The van der Waals surface area contributed by atoms with Crippen LogP contribution in [0.2, 0.25) is 0 Å². The number of likely N-dealkylation sites (tertiary alicyclic amines) is 1. The number of rotatable bonds is 4. The lowest BCUT2D eigenvalue weighted by Gasteiger charge is -2.39. The average Bonchev–Trinajstić information content (AvgIpc) is 2.40. The zero-order valence-corrected chi connectivity index (χ0v) is 12.6. The van der Waals surface area contributed by atoms with Crippen LogP contribution in [0.25, 0.3) is 6.08 Å². The Kier molecular flexibility index (Phi) is 5.12. The molecule has 1 saturated heterocycles. The van der Waals surface area contributed by atoms with E-state index in [-0.39, 0.29) is 5.82 Å². The summed E-state index contributed by atoms with van der Waals surface area (Å²) >= 11 is 0. The van der Waals surface area contributed by atoms with Crippen LogP contribution in [0.5, 0.6) is 0 Å². The number of nitrogens with zero attached hydrogens (tertiary/aromatic N) is 1. The van der Waals surface area contributed by atoms with Gasteiger partial charge in [-0.3, -0.25) is 4.90 Å². The van der Waals surface area contributed by atoms with E-state index in [1.165, 1.54) is 37.5 Å². The Balaban J connectivity index is 2.17. The number of halogens is 1. The van der Waals surface area contributed by atoms with Crippen LogP contribution >= 0.6 is 0 Å². The van der Waals surface area contributed by atoms with Gasteiger partial charge in [-0.15, -0.1) is 0 Å². The summed E-state index contributed by atoms with van der Waals surface area (Å²) in [7, 11) is 0.